The molecule has 0 N–H and O–H groups in total. The maximum absolute atomic E-state index is 12.3. The van der Waals surface area contributed by atoms with E-state index < -0.39 is 0 Å². The van der Waals surface area contributed by atoms with E-state index in [0.29, 0.717) is 18.5 Å². The molecule has 0 bridgehead atoms. The first-order valence-corrected chi connectivity index (χ1v) is 7.52. The lowest BCUT2D eigenvalue weighted by Crippen LogP contribution is -2.30. The van der Waals surface area contributed by atoms with Crippen molar-refractivity contribution in [1.82, 2.24) is 0 Å². The summed E-state index contributed by atoms with van der Waals surface area (Å²) < 4.78 is 0. The Morgan fingerprint density at radius 1 is 1.42 bits per heavy atom. The summed E-state index contributed by atoms with van der Waals surface area (Å²) >= 11 is 1.60. The summed E-state index contributed by atoms with van der Waals surface area (Å²) in [6.45, 7) is 1.92. The average molecular weight is 275 g/mol. The molecule has 1 unspecified atom stereocenters. The van der Waals surface area contributed by atoms with E-state index in [1.54, 1.807) is 11.8 Å². The third-order valence-electron chi connectivity index (χ3n) is 3.21. The fourth-order valence-electron chi connectivity index (χ4n) is 2.20. The molecule has 0 saturated carbocycles. The van der Waals surface area contributed by atoms with E-state index in [2.05, 4.69) is 0 Å². The molecular weight excluding hydrogens is 258 g/mol. The van der Waals surface area contributed by atoms with Crippen LogP contribution in [0.5, 0.6) is 0 Å². The van der Waals surface area contributed by atoms with Gasteiger partial charge in [0.1, 0.15) is 0 Å². The van der Waals surface area contributed by atoms with Gasteiger partial charge in [-0.25, -0.2) is 0 Å². The highest BCUT2D eigenvalue weighted by atomic mass is 32.2. The van der Waals surface area contributed by atoms with Gasteiger partial charge in [0.2, 0.25) is 11.8 Å². The van der Waals surface area contributed by atoms with Crippen molar-refractivity contribution in [2.24, 2.45) is 5.92 Å². The zero-order valence-corrected chi connectivity index (χ0v) is 11.9. The van der Waals surface area contributed by atoms with Crippen molar-refractivity contribution in [3.8, 4) is 0 Å². The van der Waals surface area contributed by atoms with Gasteiger partial charge in [-0.05, 0) is 37.8 Å². The molecule has 1 aromatic carbocycles. The molecule has 1 fully saturated rings. The highest BCUT2D eigenvalue weighted by Gasteiger charge is 2.38. The number of hydrogen-bond acceptors (Lipinski definition) is 3. The molecule has 1 heterocycles. The van der Waals surface area contributed by atoms with Crippen molar-refractivity contribution in [2.75, 3.05) is 11.2 Å². The lowest BCUT2D eigenvalue weighted by atomic mass is 10.0. The van der Waals surface area contributed by atoms with E-state index in [1.165, 1.54) is 4.90 Å². The number of allylic oxidation sites excluding steroid dienone is 2. The Morgan fingerprint density at radius 3 is 2.89 bits per heavy atom. The van der Waals surface area contributed by atoms with Crippen LogP contribution in [0.3, 0.4) is 0 Å². The number of hydrogen-bond donors (Lipinski definition) is 0. The highest BCUT2D eigenvalue weighted by molar-refractivity contribution is 7.98. The van der Waals surface area contributed by atoms with E-state index in [0.717, 1.165) is 4.90 Å². The molecule has 1 aliphatic rings. The van der Waals surface area contributed by atoms with Gasteiger partial charge in [-0.3, -0.25) is 14.5 Å². The number of carbonyl (C=O) groups is 2. The van der Waals surface area contributed by atoms with Crippen LogP contribution >= 0.6 is 11.8 Å². The van der Waals surface area contributed by atoms with Crippen LogP contribution in [0.4, 0.5) is 5.69 Å². The molecule has 1 aliphatic heterocycles. The van der Waals surface area contributed by atoms with Crippen LogP contribution in [0, 0.1) is 5.92 Å². The van der Waals surface area contributed by atoms with Gasteiger partial charge < -0.3 is 0 Å². The predicted molar refractivity (Wildman–Crippen MR) is 78.3 cm³/mol. The monoisotopic (exact) mass is 275 g/mol. The van der Waals surface area contributed by atoms with Crippen molar-refractivity contribution >= 4 is 29.3 Å². The zero-order valence-electron chi connectivity index (χ0n) is 11.1. The summed E-state index contributed by atoms with van der Waals surface area (Å²) in [6.07, 6.45) is 6.78. The number of anilines is 1. The van der Waals surface area contributed by atoms with Gasteiger partial charge in [0, 0.05) is 11.3 Å². The Bertz CT molecular complexity index is 525. The van der Waals surface area contributed by atoms with Crippen molar-refractivity contribution in [2.45, 2.75) is 24.7 Å². The first-order chi connectivity index (χ1) is 9.17. The maximum Gasteiger partial charge on any atom is 0.237 e. The molecule has 4 heteroatoms. The van der Waals surface area contributed by atoms with Crippen molar-refractivity contribution in [3.63, 3.8) is 0 Å². The number of benzene rings is 1. The molecule has 0 radical (unpaired) electrons. The Morgan fingerprint density at radius 2 is 2.21 bits per heavy atom. The second-order valence-corrected chi connectivity index (χ2v) is 5.35. The van der Waals surface area contributed by atoms with Gasteiger partial charge in [-0.15, -0.1) is 11.8 Å². The number of thioether (sulfide) groups is 1. The van der Waals surface area contributed by atoms with Crippen LogP contribution in [0.25, 0.3) is 0 Å². The third-order valence-corrected chi connectivity index (χ3v) is 3.93. The van der Waals surface area contributed by atoms with Crippen molar-refractivity contribution in [3.05, 3.63) is 36.4 Å². The molecule has 1 atom stereocenters. The van der Waals surface area contributed by atoms with Crippen LogP contribution in [0.2, 0.25) is 0 Å². The van der Waals surface area contributed by atoms with Crippen LogP contribution in [0.1, 0.15) is 19.8 Å². The summed E-state index contributed by atoms with van der Waals surface area (Å²) in [4.78, 5) is 26.7. The largest absolute Gasteiger partial charge is 0.274 e. The van der Waals surface area contributed by atoms with Gasteiger partial charge in [0.05, 0.1) is 11.6 Å². The zero-order chi connectivity index (χ0) is 13.8. The van der Waals surface area contributed by atoms with Gasteiger partial charge >= 0.3 is 0 Å². The SMILES string of the molecule is C/C=C\CC1CC(=O)N(c2cccc(SC)c2)C1=O. The molecular formula is C15H17NO2S. The number of imide groups is 1. The maximum atomic E-state index is 12.3. The molecule has 19 heavy (non-hydrogen) atoms. The number of amides is 2. The van der Waals surface area contributed by atoms with E-state index >= 15 is 0 Å². The minimum absolute atomic E-state index is 0.0821. The third kappa shape index (κ3) is 2.89. The molecule has 0 aromatic heterocycles. The summed E-state index contributed by atoms with van der Waals surface area (Å²) in [6, 6.07) is 7.55. The van der Waals surface area contributed by atoms with E-state index in [1.807, 2.05) is 49.6 Å². The van der Waals surface area contributed by atoms with E-state index in [4.69, 9.17) is 0 Å². The summed E-state index contributed by atoms with van der Waals surface area (Å²) in [5.41, 5.74) is 0.685. The Kier molecular flexibility index (Phi) is 4.43. The lowest BCUT2D eigenvalue weighted by Gasteiger charge is -2.15. The lowest BCUT2D eigenvalue weighted by molar-refractivity contribution is -0.122. The Labute approximate surface area is 117 Å². The van der Waals surface area contributed by atoms with Crippen molar-refractivity contribution in [1.29, 1.82) is 0 Å². The first kappa shape index (κ1) is 13.9. The van der Waals surface area contributed by atoms with Gasteiger partial charge in [0.25, 0.3) is 0 Å². The number of rotatable bonds is 4. The van der Waals surface area contributed by atoms with E-state index in [-0.39, 0.29) is 17.7 Å². The summed E-state index contributed by atoms with van der Waals surface area (Å²) in [5.74, 6) is -0.388. The normalized spacial score (nSPS) is 19.7. The fraction of sp³-hybridized carbons (Fsp3) is 0.333. The molecule has 2 amide bonds. The first-order valence-electron chi connectivity index (χ1n) is 6.29. The molecule has 100 valence electrons. The minimum Gasteiger partial charge on any atom is -0.274 e. The Balaban J connectivity index is 2.24. The smallest absolute Gasteiger partial charge is 0.237 e. The van der Waals surface area contributed by atoms with E-state index in [9.17, 15) is 9.59 Å². The predicted octanol–water partition coefficient (Wildman–Crippen LogP) is 3.25. The summed E-state index contributed by atoms with van der Waals surface area (Å²) in [7, 11) is 0. The number of nitrogens with zero attached hydrogens (tertiary/aromatic N) is 1. The van der Waals surface area contributed by atoms with Crippen LogP contribution in [0.15, 0.2) is 41.3 Å². The topological polar surface area (TPSA) is 37.4 Å². The van der Waals surface area contributed by atoms with Gasteiger partial charge in [0.15, 0.2) is 0 Å². The van der Waals surface area contributed by atoms with Crippen LogP contribution in [-0.2, 0) is 9.59 Å². The molecule has 1 saturated heterocycles. The second-order valence-electron chi connectivity index (χ2n) is 4.47. The van der Waals surface area contributed by atoms with Gasteiger partial charge in [-0.1, -0.05) is 18.2 Å². The number of carbonyl (C=O) groups excluding carboxylic acids is 2. The fourth-order valence-corrected chi connectivity index (χ4v) is 2.65. The Hall–Kier alpha value is -1.55. The molecule has 3 nitrogen and oxygen atoms in total. The standard InChI is InChI=1S/C15H17NO2S/c1-3-4-6-11-9-14(17)16(15(11)18)12-7-5-8-13(10-12)19-2/h3-5,7-8,10-11H,6,9H2,1-2H3/b4-3-. The van der Waals surface area contributed by atoms with Gasteiger partial charge in [-0.2, -0.15) is 0 Å². The summed E-state index contributed by atoms with van der Waals surface area (Å²) in [5, 5.41) is 0. The van der Waals surface area contributed by atoms with Crippen LogP contribution < -0.4 is 4.90 Å². The quantitative estimate of drug-likeness (QED) is 0.481. The minimum atomic E-state index is -0.207. The molecule has 0 spiro atoms. The average Bonchev–Trinajstić information content (AvgIpc) is 2.71. The molecule has 2 rings (SSSR count). The molecule has 1 aromatic rings. The van der Waals surface area contributed by atoms with Crippen molar-refractivity contribution < 1.29 is 9.59 Å². The van der Waals surface area contributed by atoms with Crippen LogP contribution in [-0.4, -0.2) is 18.1 Å². The molecule has 0 aliphatic carbocycles. The highest BCUT2D eigenvalue weighted by Crippen LogP contribution is 2.30. The second kappa shape index (κ2) is 6.06.